The van der Waals surface area contributed by atoms with Gasteiger partial charge < -0.3 is 19.8 Å². The number of carbonyl (C=O) groups excluding carboxylic acids is 1. The summed E-state index contributed by atoms with van der Waals surface area (Å²) in [6, 6.07) is 5.41. The summed E-state index contributed by atoms with van der Waals surface area (Å²) in [5.74, 6) is 0.840. The molecule has 6 heteroatoms. The van der Waals surface area contributed by atoms with Crippen LogP contribution in [0.3, 0.4) is 0 Å². The number of ether oxygens (including phenoxy) is 1. The second-order valence-electron chi connectivity index (χ2n) is 8.99. The summed E-state index contributed by atoms with van der Waals surface area (Å²) >= 11 is 0. The SMILES string of the molecule is COc1cc([C@H]2[C@@H]3CCCC[C@]3(O)CCN2CC(=O)N2CCCCC2)ccc1O. The summed E-state index contributed by atoms with van der Waals surface area (Å²) < 4.78 is 5.34. The van der Waals surface area contributed by atoms with Crippen LogP contribution in [0.5, 0.6) is 11.5 Å². The average Bonchev–Trinajstić information content (AvgIpc) is 2.75. The molecular formula is C23H34N2O4. The van der Waals surface area contributed by atoms with Crippen molar-refractivity contribution in [1.29, 1.82) is 0 Å². The van der Waals surface area contributed by atoms with Crippen molar-refractivity contribution >= 4 is 5.91 Å². The van der Waals surface area contributed by atoms with E-state index in [4.69, 9.17) is 4.74 Å². The molecule has 1 aromatic rings. The molecule has 4 rings (SSSR count). The van der Waals surface area contributed by atoms with Gasteiger partial charge in [0.2, 0.25) is 5.91 Å². The highest BCUT2D eigenvalue weighted by Gasteiger charge is 2.49. The Labute approximate surface area is 173 Å². The molecule has 0 unspecified atom stereocenters. The minimum atomic E-state index is -0.668. The van der Waals surface area contributed by atoms with Crippen molar-refractivity contribution in [1.82, 2.24) is 9.80 Å². The summed E-state index contributed by atoms with van der Waals surface area (Å²) in [4.78, 5) is 17.3. The molecule has 6 nitrogen and oxygen atoms in total. The maximum Gasteiger partial charge on any atom is 0.236 e. The highest BCUT2D eigenvalue weighted by Crippen LogP contribution is 2.50. The summed E-state index contributed by atoms with van der Waals surface area (Å²) in [7, 11) is 1.55. The fraction of sp³-hybridized carbons (Fsp3) is 0.696. The lowest BCUT2D eigenvalue weighted by atomic mass is 9.66. The molecule has 2 N–H and O–H groups in total. The Balaban J connectivity index is 1.63. The fourth-order valence-corrected chi connectivity index (χ4v) is 5.66. The number of rotatable bonds is 4. The third kappa shape index (κ3) is 4.10. The normalized spacial score (nSPS) is 30.6. The second kappa shape index (κ2) is 8.52. The van der Waals surface area contributed by atoms with E-state index < -0.39 is 5.60 Å². The van der Waals surface area contributed by atoms with Crippen molar-refractivity contribution in [3.8, 4) is 11.5 Å². The van der Waals surface area contributed by atoms with E-state index in [0.717, 1.165) is 63.6 Å². The van der Waals surface area contributed by atoms with Crippen LogP contribution in [0.4, 0.5) is 0 Å². The summed E-state index contributed by atoms with van der Waals surface area (Å²) in [5.41, 5.74) is 0.342. The van der Waals surface area contributed by atoms with E-state index in [0.29, 0.717) is 18.8 Å². The lowest BCUT2D eigenvalue weighted by Gasteiger charge is -2.52. The monoisotopic (exact) mass is 402 g/mol. The lowest BCUT2D eigenvalue weighted by molar-refractivity contribution is -0.145. The zero-order valence-corrected chi connectivity index (χ0v) is 17.5. The molecule has 1 saturated carbocycles. The third-order valence-corrected chi connectivity index (χ3v) is 7.26. The van der Waals surface area contributed by atoms with Crippen LogP contribution >= 0.6 is 0 Å². The number of phenolic OH excluding ortho intramolecular Hbond substituents is 1. The molecule has 1 amide bonds. The fourth-order valence-electron chi connectivity index (χ4n) is 5.66. The third-order valence-electron chi connectivity index (χ3n) is 7.26. The highest BCUT2D eigenvalue weighted by atomic mass is 16.5. The van der Waals surface area contributed by atoms with Crippen LogP contribution in [-0.4, -0.2) is 64.8 Å². The minimum absolute atomic E-state index is 0.0442. The molecule has 29 heavy (non-hydrogen) atoms. The number of methoxy groups -OCH3 is 1. The van der Waals surface area contributed by atoms with Gasteiger partial charge in [-0.25, -0.2) is 0 Å². The molecule has 0 aromatic heterocycles. The van der Waals surface area contributed by atoms with Crippen LogP contribution in [0.25, 0.3) is 0 Å². The summed E-state index contributed by atoms with van der Waals surface area (Å²) in [6.45, 7) is 2.82. The van der Waals surface area contributed by atoms with Crippen LogP contribution in [-0.2, 0) is 4.79 Å². The van der Waals surface area contributed by atoms with E-state index >= 15 is 0 Å². The van der Waals surface area contributed by atoms with Gasteiger partial charge in [0.05, 0.1) is 19.3 Å². The van der Waals surface area contributed by atoms with Crippen molar-refractivity contribution in [3.05, 3.63) is 23.8 Å². The number of hydrogen-bond donors (Lipinski definition) is 2. The first-order valence-corrected chi connectivity index (χ1v) is 11.1. The number of nitrogens with zero attached hydrogens (tertiary/aromatic N) is 2. The van der Waals surface area contributed by atoms with E-state index in [2.05, 4.69) is 4.90 Å². The zero-order valence-electron chi connectivity index (χ0n) is 17.5. The smallest absolute Gasteiger partial charge is 0.236 e. The van der Waals surface area contributed by atoms with E-state index in [1.165, 1.54) is 6.42 Å². The van der Waals surface area contributed by atoms with E-state index in [1.54, 1.807) is 13.2 Å². The number of likely N-dealkylation sites (tertiary alicyclic amines) is 2. The molecular weight excluding hydrogens is 368 g/mol. The predicted octanol–water partition coefficient (Wildman–Crippen LogP) is 3.08. The molecule has 0 radical (unpaired) electrons. The molecule has 0 spiro atoms. The molecule has 3 fully saturated rings. The average molecular weight is 403 g/mol. The van der Waals surface area contributed by atoms with Crippen LogP contribution < -0.4 is 4.74 Å². The topological polar surface area (TPSA) is 73.2 Å². The largest absolute Gasteiger partial charge is 0.504 e. The van der Waals surface area contributed by atoms with Gasteiger partial charge in [0.25, 0.3) is 0 Å². The van der Waals surface area contributed by atoms with Gasteiger partial charge in [-0.05, 0) is 56.2 Å². The number of aromatic hydroxyl groups is 1. The maximum absolute atomic E-state index is 13.0. The number of aliphatic hydroxyl groups is 1. The number of benzene rings is 1. The Morgan fingerprint density at radius 3 is 2.69 bits per heavy atom. The van der Waals surface area contributed by atoms with Gasteiger partial charge in [0.15, 0.2) is 11.5 Å². The number of piperidine rings is 2. The number of amides is 1. The predicted molar refractivity (Wildman–Crippen MR) is 111 cm³/mol. The first kappa shape index (κ1) is 20.5. The van der Waals surface area contributed by atoms with Gasteiger partial charge in [0.1, 0.15) is 0 Å². The molecule has 2 aliphatic heterocycles. The van der Waals surface area contributed by atoms with Crippen molar-refractivity contribution in [3.63, 3.8) is 0 Å². The number of fused-ring (bicyclic) bond motifs is 1. The molecule has 160 valence electrons. The Kier molecular flexibility index (Phi) is 6.02. The van der Waals surface area contributed by atoms with Crippen molar-refractivity contribution < 1.29 is 19.7 Å². The van der Waals surface area contributed by atoms with Crippen LogP contribution in [0.2, 0.25) is 0 Å². The Hall–Kier alpha value is -1.79. The highest BCUT2D eigenvalue weighted by molar-refractivity contribution is 5.78. The van der Waals surface area contributed by atoms with Gasteiger partial charge in [-0.1, -0.05) is 18.9 Å². The summed E-state index contributed by atoms with van der Waals surface area (Å²) in [5, 5.41) is 21.5. The lowest BCUT2D eigenvalue weighted by Crippen LogP contribution is -2.56. The standard InChI is InChI=1S/C23H34N2O4/c1-29-20-15-17(8-9-19(20)26)22-18-7-3-4-10-23(18,28)11-14-25(22)16-21(27)24-12-5-2-6-13-24/h8-9,15,18,22,26,28H,2-7,10-14,16H2,1H3/t18-,22-,23-/m0/s1. The number of phenols is 1. The van der Waals surface area contributed by atoms with Crippen LogP contribution in [0.1, 0.15) is 63.0 Å². The minimum Gasteiger partial charge on any atom is -0.504 e. The Morgan fingerprint density at radius 1 is 1.14 bits per heavy atom. The van der Waals surface area contributed by atoms with E-state index in [9.17, 15) is 15.0 Å². The first-order valence-electron chi connectivity index (χ1n) is 11.1. The van der Waals surface area contributed by atoms with Crippen LogP contribution in [0, 0.1) is 5.92 Å². The molecule has 3 aliphatic rings. The Bertz CT molecular complexity index is 734. The van der Waals surface area contributed by atoms with Gasteiger partial charge in [0, 0.05) is 31.6 Å². The molecule has 3 atom stereocenters. The van der Waals surface area contributed by atoms with Gasteiger partial charge >= 0.3 is 0 Å². The van der Waals surface area contributed by atoms with Gasteiger partial charge in [-0.15, -0.1) is 0 Å². The number of carbonyl (C=O) groups is 1. The molecule has 2 heterocycles. The van der Waals surface area contributed by atoms with Crippen molar-refractivity contribution in [2.24, 2.45) is 5.92 Å². The molecule has 2 saturated heterocycles. The Morgan fingerprint density at radius 2 is 1.93 bits per heavy atom. The number of hydrogen-bond acceptors (Lipinski definition) is 5. The van der Waals surface area contributed by atoms with Gasteiger partial charge in [-0.3, -0.25) is 9.69 Å². The van der Waals surface area contributed by atoms with E-state index in [1.807, 2.05) is 17.0 Å². The molecule has 0 bridgehead atoms. The van der Waals surface area contributed by atoms with Gasteiger partial charge in [-0.2, -0.15) is 0 Å². The zero-order chi connectivity index (χ0) is 20.4. The summed E-state index contributed by atoms with van der Waals surface area (Å²) in [6.07, 6.45) is 8.06. The van der Waals surface area contributed by atoms with Crippen LogP contribution in [0.15, 0.2) is 18.2 Å². The second-order valence-corrected chi connectivity index (χ2v) is 8.99. The van der Waals surface area contributed by atoms with Crippen molar-refractivity contribution in [2.45, 2.75) is 63.0 Å². The molecule has 1 aliphatic carbocycles. The quantitative estimate of drug-likeness (QED) is 0.810. The first-order chi connectivity index (χ1) is 14.0. The maximum atomic E-state index is 13.0. The molecule has 1 aromatic carbocycles. The van der Waals surface area contributed by atoms with E-state index in [-0.39, 0.29) is 23.6 Å². The van der Waals surface area contributed by atoms with Crippen molar-refractivity contribution in [2.75, 3.05) is 33.3 Å².